The van der Waals surface area contributed by atoms with Gasteiger partial charge in [0, 0.05) is 39.6 Å². The molecule has 5 rings (SSSR count). The van der Waals surface area contributed by atoms with Crippen molar-refractivity contribution in [2.75, 3.05) is 10.6 Å². The Bertz CT molecular complexity index is 1130. The Labute approximate surface area is 191 Å². The van der Waals surface area contributed by atoms with E-state index in [-0.39, 0.29) is 17.2 Å². The average Bonchev–Trinajstić information content (AvgIpc) is 3.66. The topological polar surface area (TPSA) is 108 Å². The fourth-order valence-corrected chi connectivity index (χ4v) is 3.94. The number of hydrogen-bond donors (Lipinski definition) is 3. The SMILES string of the molecule is CC(C)(C)c1cc(Nc2nc(Sc3ccc(NC(=O)C4CC4)cc3)nc(C3CC3)n2)n[nH]1. The molecule has 0 spiro atoms. The van der Waals surface area contributed by atoms with Crippen molar-refractivity contribution in [3.8, 4) is 0 Å². The molecule has 3 aromatic rings. The van der Waals surface area contributed by atoms with E-state index >= 15 is 0 Å². The molecular weight excluding hydrogens is 422 g/mol. The number of benzene rings is 1. The number of H-pyrrole nitrogens is 1. The summed E-state index contributed by atoms with van der Waals surface area (Å²) >= 11 is 1.48. The van der Waals surface area contributed by atoms with Crippen molar-refractivity contribution in [1.82, 2.24) is 25.1 Å². The van der Waals surface area contributed by atoms with Gasteiger partial charge in [-0.3, -0.25) is 9.89 Å². The van der Waals surface area contributed by atoms with Crippen LogP contribution in [0.5, 0.6) is 0 Å². The second-order valence-electron chi connectivity index (χ2n) is 9.51. The maximum absolute atomic E-state index is 11.9. The van der Waals surface area contributed by atoms with E-state index in [1.54, 1.807) is 0 Å². The minimum atomic E-state index is -0.0174. The van der Waals surface area contributed by atoms with Crippen LogP contribution in [0, 0.1) is 5.92 Å². The van der Waals surface area contributed by atoms with Crippen LogP contribution < -0.4 is 10.6 Å². The van der Waals surface area contributed by atoms with Gasteiger partial charge in [0.2, 0.25) is 11.9 Å². The van der Waals surface area contributed by atoms with E-state index in [1.165, 1.54) is 11.8 Å². The normalized spacial score (nSPS) is 16.1. The zero-order valence-corrected chi connectivity index (χ0v) is 19.3. The smallest absolute Gasteiger partial charge is 0.232 e. The fourth-order valence-electron chi connectivity index (χ4n) is 3.18. The first kappa shape index (κ1) is 20.9. The first-order chi connectivity index (χ1) is 15.3. The van der Waals surface area contributed by atoms with E-state index in [4.69, 9.17) is 0 Å². The summed E-state index contributed by atoms with van der Waals surface area (Å²) in [5, 5.41) is 14.3. The first-order valence-electron chi connectivity index (χ1n) is 11.0. The van der Waals surface area contributed by atoms with Gasteiger partial charge in [-0.15, -0.1) is 0 Å². The van der Waals surface area contributed by atoms with Crippen LogP contribution in [0.2, 0.25) is 0 Å². The summed E-state index contributed by atoms with van der Waals surface area (Å²) in [7, 11) is 0. The molecule has 1 amide bonds. The molecule has 2 saturated carbocycles. The van der Waals surface area contributed by atoms with E-state index in [0.717, 1.165) is 47.8 Å². The van der Waals surface area contributed by atoms with Gasteiger partial charge in [0.15, 0.2) is 11.0 Å². The number of aromatic amines is 1. The fraction of sp³-hybridized carbons (Fsp3) is 0.435. The molecule has 9 heteroatoms. The van der Waals surface area contributed by atoms with Gasteiger partial charge in [-0.05, 0) is 61.7 Å². The number of aromatic nitrogens is 5. The zero-order chi connectivity index (χ0) is 22.3. The van der Waals surface area contributed by atoms with Crippen LogP contribution in [-0.2, 0) is 10.2 Å². The van der Waals surface area contributed by atoms with Crippen LogP contribution in [0.3, 0.4) is 0 Å². The number of amides is 1. The number of rotatable bonds is 7. The molecule has 2 heterocycles. The molecular formula is C23H27N7OS. The molecule has 2 aliphatic carbocycles. The van der Waals surface area contributed by atoms with Gasteiger partial charge in [-0.25, -0.2) is 4.98 Å². The molecule has 2 aliphatic rings. The molecule has 0 saturated heterocycles. The predicted molar refractivity (Wildman–Crippen MR) is 124 cm³/mol. The number of nitrogens with zero attached hydrogens (tertiary/aromatic N) is 4. The lowest BCUT2D eigenvalue weighted by Gasteiger charge is -2.14. The Morgan fingerprint density at radius 1 is 1.06 bits per heavy atom. The molecule has 2 aromatic heterocycles. The van der Waals surface area contributed by atoms with Gasteiger partial charge < -0.3 is 10.6 Å². The third kappa shape index (κ3) is 5.09. The molecule has 2 fully saturated rings. The lowest BCUT2D eigenvalue weighted by atomic mass is 9.92. The van der Waals surface area contributed by atoms with E-state index < -0.39 is 0 Å². The van der Waals surface area contributed by atoms with E-state index in [9.17, 15) is 4.79 Å². The quantitative estimate of drug-likeness (QED) is 0.465. The Morgan fingerprint density at radius 3 is 2.44 bits per heavy atom. The molecule has 3 N–H and O–H groups in total. The van der Waals surface area contributed by atoms with Gasteiger partial charge in [0.1, 0.15) is 5.82 Å². The van der Waals surface area contributed by atoms with Gasteiger partial charge in [0.25, 0.3) is 0 Å². The molecule has 32 heavy (non-hydrogen) atoms. The summed E-state index contributed by atoms with van der Waals surface area (Å²) in [5.74, 6) is 2.72. The van der Waals surface area contributed by atoms with E-state index in [2.05, 4.69) is 56.6 Å². The number of anilines is 3. The van der Waals surface area contributed by atoms with Crippen LogP contribution in [0.4, 0.5) is 17.5 Å². The van der Waals surface area contributed by atoms with Crippen LogP contribution in [-0.4, -0.2) is 31.1 Å². The summed E-state index contributed by atoms with van der Waals surface area (Å²) in [4.78, 5) is 26.9. The lowest BCUT2D eigenvalue weighted by Crippen LogP contribution is -2.12. The van der Waals surface area contributed by atoms with Gasteiger partial charge in [-0.1, -0.05) is 20.8 Å². The Kier molecular flexibility index (Phi) is 5.36. The Balaban J connectivity index is 1.31. The summed E-state index contributed by atoms with van der Waals surface area (Å²) in [6.45, 7) is 6.40. The van der Waals surface area contributed by atoms with Crippen molar-refractivity contribution in [3.63, 3.8) is 0 Å². The number of carbonyl (C=O) groups excluding carboxylic acids is 1. The van der Waals surface area contributed by atoms with Gasteiger partial charge >= 0.3 is 0 Å². The van der Waals surface area contributed by atoms with Crippen LogP contribution in [0.15, 0.2) is 40.4 Å². The molecule has 8 nitrogen and oxygen atoms in total. The van der Waals surface area contributed by atoms with Crippen molar-refractivity contribution < 1.29 is 4.79 Å². The summed E-state index contributed by atoms with van der Waals surface area (Å²) in [5.41, 5.74) is 1.84. The minimum Gasteiger partial charge on any atom is -0.326 e. The monoisotopic (exact) mass is 449 g/mol. The van der Waals surface area contributed by atoms with Crippen molar-refractivity contribution in [1.29, 1.82) is 0 Å². The molecule has 0 bridgehead atoms. The summed E-state index contributed by atoms with van der Waals surface area (Å²) in [6, 6.07) is 9.78. The lowest BCUT2D eigenvalue weighted by molar-refractivity contribution is -0.117. The van der Waals surface area contributed by atoms with Crippen LogP contribution in [0.1, 0.15) is 63.9 Å². The first-order valence-corrected chi connectivity index (χ1v) is 11.8. The minimum absolute atomic E-state index is 0.0174. The highest BCUT2D eigenvalue weighted by Gasteiger charge is 2.30. The third-order valence-electron chi connectivity index (χ3n) is 5.48. The van der Waals surface area contributed by atoms with Crippen molar-refractivity contribution in [3.05, 3.63) is 41.9 Å². The second kappa shape index (κ2) is 8.20. The summed E-state index contributed by atoms with van der Waals surface area (Å²) in [6.07, 6.45) is 4.21. The maximum Gasteiger partial charge on any atom is 0.232 e. The molecule has 0 radical (unpaired) electrons. The van der Waals surface area contributed by atoms with E-state index in [0.29, 0.717) is 22.8 Å². The zero-order valence-electron chi connectivity index (χ0n) is 18.5. The van der Waals surface area contributed by atoms with Crippen molar-refractivity contribution >= 4 is 35.1 Å². The van der Waals surface area contributed by atoms with Crippen LogP contribution >= 0.6 is 11.8 Å². The van der Waals surface area contributed by atoms with Crippen molar-refractivity contribution in [2.45, 2.75) is 67.8 Å². The standard InChI is InChI=1S/C23H27N7OS/c1-23(2,3)17-12-18(30-29-17)25-21-26-19(13-4-5-13)27-22(28-21)32-16-10-8-15(9-11-16)24-20(31)14-6-7-14/h8-14H,4-7H2,1-3H3,(H,24,31)(H2,25,26,27,28,29,30). The van der Waals surface area contributed by atoms with Crippen LogP contribution in [0.25, 0.3) is 0 Å². The average molecular weight is 450 g/mol. The highest BCUT2D eigenvalue weighted by molar-refractivity contribution is 7.99. The predicted octanol–water partition coefficient (Wildman–Crippen LogP) is 5.01. The molecule has 1 aromatic carbocycles. The van der Waals surface area contributed by atoms with Crippen molar-refractivity contribution in [2.24, 2.45) is 5.92 Å². The maximum atomic E-state index is 11.9. The molecule has 0 aliphatic heterocycles. The molecule has 0 unspecified atom stereocenters. The van der Waals surface area contributed by atoms with Gasteiger partial charge in [0.05, 0.1) is 0 Å². The highest BCUT2D eigenvalue weighted by atomic mass is 32.2. The molecule has 166 valence electrons. The number of carbonyl (C=O) groups is 1. The third-order valence-corrected chi connectivity index (χ3v) is 6.35. The number of hydrogen-bond acceptors (Lipinski definition) is 7. The van der Waals surface area contributed by atoms with Gasteiger partial charge in [-0.2, -0.15) is 15.1 Å². The largest absolute Gasteiger partial charge is 0.326 e. The number of nitrogens with one attached hydrogen (secondary N) is 3. The Morgan fingerprint density at radius 2 is 1.81 bits per heavy atom. The second-order valence-corrected chi connectivity index (χ2v) is 10.5. The van der Waals surface area contributed by atoms with E-state index in [1.807, 2.05) is 30.3 Å². The Hall–Kier alpha value is -2.94. The highest BCUT2D eigenvalue weighted by Crippen LogP contribution is 2.39. The summed E-state index contributed by atoms with van der Waals surface area (Å²) < 4.78 is 0. The molecule has 0 atom stereocenters.